The first kappa shape index (κ1) is 39.0. The Labute approximate surface area is 334 Å². The normalized spacial score (nSPS) is 25.0. The van der Waals surface area contributed by atoms with Gasteiger partial charge in [-0.25, -0.2) is 13.8 Å². The van der Waals surface area contributed by atoms with Crippen molar-refractivity contribution < 1.29 is 46.2 Å². The highest BCUT2D eigenvalue weighted by molar-refractivity contribution is 6.04. The number of imide groups is 1. The van der Waals surface area contributed by atoms with Crippen molar-refractivity contribution in [1.82, 2.24) is 29.9 Å². The van der Waals surface area contributed by atoms with E-state index >= 15 is 8.78 Å². The predicted molar refractivity (Wildman–Crippen MR) is 202 cm³/mol. The van der Waals surface area contributed by atoms with Crippen LogP contribution in [0.1, 0.15) is 79.2 Å². The standard InChI is InChI=1S/C41H41F5N8O5/c1-38(2,59)26-15-30-22(12-31(26)48-36(57)29-4-3-5-32(47-29)41(44,45)46)18-54(50-30)40-19-39(20-40,21-40)53-10-8-51(9-11-53)37(58)23-16-52(17-23)24-13-27(42)34(28(43)14-24)25-6-7-33(55)49-35(25)56/h3-5,12-15,18,23,25,59H,6-11,16-17,19-21H2,1-2H3,(H,48,57)(H,49,55,56). The van der Waals surface area contributed by atoms with Crippen LogP contribution in [0.5, 0.6) is 0 Å². The van der Waals surface area contributed by atoms with Gasteiger partial charge in [-0.3, -0.25) is 34.1 Å². The molecular formula is C41H41F5N8O5. The Morgan fingerprint density at radius 3 is 2.25 bits per heavy atom. The van der Waals surface area contributed by atoms with E-state index in [1.165, 1.54) is 18.2 Å². The highest BCUT2D eigenvalue weighted by atomic mass is 19.4. The van der Waals surface area contributed by atoms with E-state index in [2.05, 4.69) is 20.5 Å². The van der Waals surface area contributed by atoms with Crippen LogP contribution in [-0.2, 0) is 31.7 Å². The monoisotopic (exact) mass is 820 g/mol. The molecule has 18 heteroatoms. The van der Waals surface area contributed by atoms with Crippen molar-refractivity contribution in [2.24, 2.45) is 5.92 Å². The van der Waals surface area contributed by atoms with Gasteiger partial charge in [0.1, 0.15) is 23.0 Å². The SMILES string of the molecule is CC(C)(O)c1cc2nn(C34CC(N5CCN(C(=O)C6CN(c7cc(F)c(C8CCC(=O)NC8=O)c(F)c7)C6)CC5)(C3)C4)cc2cc1NC(=O)c1cccc(C(F)(F)F)n1. The van der Waals surface area contributed by atoms with Crippen LogP contribution in [0.4, 0.5) is 33.3 Å². The topological polar surface area (TPSA) is 153 Å². The molecule has 0 radical (unpaired) electrons. The number of pyridine rings is 1. The van der Waals surface area contributed by atoms with Crippen molar-refractivity contribution in [2.75, 3.05) is 49.5 Å². The number of piperidine rings is 1. The molecule has 3 aliphatic heterocycles. The van der Waals surface area contributed by atoms with Crippen LogP contribution in [-0.4, -0.2) is 98.1 Å². The molecule has 4 aromatic rings. The zero-order chi connectivity index (χ0) is 41.8. The molecule has 1 unspecified atom stereocenters. The van der Waals surface area contributed by atoms with Gasteiger partial charge in [-0.15, -0.1) is 0 Å². The van der Waals surface area contributed by atoms with Gasteiger partial charge in [-0.1, -0.05) is 6.07 Å². The first-order valence-electron chi connectivity index (χ1n) is 19.6. The van der Waals surface area contributed by atoms with Crippen LogP contribution in [0.25, 0.3) is 10.9 Å². The second kappa shape index (κ2) is 13.5. The summed E-state index contributed by atoms with van der Waals surface area (Å²) >= 11 is 0. The van der Waals surface area contributed by atoms with Gasteiger partial charge in [0.15, 0.2) is 0 Å². The molecule has 2 aromatic carbocycles. The summed E-state index contributed by atoms with van der Waals surface area (Å²) in [4.78, 5) is 59.7. The van der Waals surface area contributed by atoms with Crippen LogP contribution >= 0.6 is 0 Å². The third kappa shape index (κ3) is 6.69. The Kier molecular flexibility index (Phi) is 8.94. The number of benzene rings is 2. The van der Waals surface area contributed by atoms with E-state index < -0.39 is 58.4 Å². The molecule has 5 heterocycles. The smallest absolute Gasteiger partial charge is 0.386 e. The molecule has 59 heavy (non-hydrogen) atoms. The molecule has 3 saturated heterocycles. The van der Waals surface area contributed by atoms with Crippen molar-refractivity contribution in [3.63, 3.8) is 0 Å². The summed E-state index contributed by atoms with van der Waals surface area (Å²) in [6, 6.07) is 8.78. The fourth-order valence-corrected chi connectivity index (χ4v) is 9.65. The second-order valence-corrected chi connectivity index (χ2v) is 17.2. The number of piperazine rings is 1. The van der Waals surface area contributed by atoms with Crippen molar-refractivity contribution in [1.29, 1.82) is 0 Å². The fourth-order valence-electron chi connectivity index (χ4n) is 9.65. The van der Waals surface area contributed by atoms with E-state index in [4.69, 9.17) is 5.10 Å². The van der Waals surface area contributed by atoms with Gasteiger partial charge in [0.2, 0.25) is 17.7 Å². The van der Waals surface area contributed by atoms with Gasteiger partial charge in [-0.2, -0.15) is 18.3 Å². The number of hydrogen-bond donors (Lipinski definition) is 3. The zero-order valence-electron chi connectivity index (χ0n) is 32.2. The van der Waals surface area contributed by atoms with E-state index in [1.807, 2.05) is 15.8 Å². The molecule has 3 aliphatic carbocycles. The van der Waals surface area contributed by atoms with Crippen LogP contribution < -0.4 is 15.5 Å². The number of nitrogens with zero attached hydrogens (tertiary/aromatic N) is 6. The zero-order valence-corrected chi connectivity index (χ0v) is 32.2. The molecule has 3 saturated carbocycles. The summed E-state index contributed by atoms with van der Waals surface area (Å²) in [5, 5.41) is 21.3. The van der Waals surface area contributed by atoms with Gasteiger partial charge >= 0.3 is 6.18 Å². The molecule has 6 aliphatic rings. The molecular weight excluding hydrogens is 779 g/mol. The Morgan fingerprint density at radius 1 is 0.949 bits per heavy atom. The molecule has 2 aromatic heterocycles. The average molecular weight is 821 g/mol. The second-order valence-electron chi connectivity index (χ2n) is 17.2. The number of nitrogens with one attached hydrogen (secondary N) is 2. The molecule has 6 fully saturated rings. The number of amides is 4. The van der Waals surface area contributed by atoms with Crippen LogP contribution in [0.15, 0.2) is 48.7 Å². The van der Waals surface area contributed by atoms with Crippen molar-refractivity contribution in [3.05, 3.63) is 82.8 Å². The van der Waals surface area contributed by atoms with Crippen LogP contribution in [0, 0.1) is 17.6 Å². The molecule has 13 nitrogen and oxygen atoms in total. The van der Waals surface area contributed by atoms with Crippen molar-refractivity contribution in [3.8, 4) is 0 Å². The number of carbonyl (C=O) groups is 4. The molecule has 3 N–H and O–H groups in total. The maximum Gasteiger partial charge on any atom is 0.433 e. The molecule has 10 rings (SSSR count). The third-order valence-corrected chi connectivity index (χ3v) is 12.8. The minimum absolute atomic E-state index is 0.00436. The van der Waals surface area contributed by atoms with Gasteiger partial charge in [-0.05, 0) is 75.9 Å². The molecule has 0 spiro atoms. The predicted octanol–water partition coefficient (Wildman–Crippen LogP) is 4.64. The van der Waals surface area contributed by atoms with Gasteiger partial charge < -0.3 is 20.2 Å². The summed E-state index contributed by atoms with van der Waals surface area (Å²) in [5.41, 5.74) is -2.13. The Balaban J connectivity index is 0.801. The molecule has 4 amide bonds. The molecule has 2 bridgehead atoms. The lowest BCUT2D eigenvalue weighted by Gasteiger charge is -2.74. The number of fused-ring (bicyclic) bond motifs is 1. The third-order valence-electron chi connectivity index (χ3n) is 12.8. The highest BCUT2D eigenvalue weighted by Gasteiger charge is 2.71. The highest BCUT2D eigenvalue weighted by Crippen LogP contribution is 2.68. The number of rotatable bonds is 8. The largest absolute Gasteiger partial charge is 0.433 e. The lowest BCUT2D eigenvalue weighted by molar-refractivity contribution is -0.218. The lowest BCUT2D eigenvalue weighted by atomic mass is 9.43. The van der Waals surface area contributed by atoms with E-state index in [1.54, 1.807) is 30.9 Å². The number of aliphatic hydroxyl groups is 1. The maximum absolute atomic E-state index is 15.1. The number of hydrogen-bond acceptors (Lipinski definition) is 9. The maximum atomic E-state index is 15.1. The number of aromatic nitrogens is 3. The Hall–Kier alpha value is -5.49. The van der Waals surface area contributed by atoms with Gasteiger partial charge in [0.05, 0.1) is 28.5 Å². The summed E-state index contributed by atoms with van der Waals surface area (Å²) in [5.74, 6) is -5.13. The lowest BCUT2D eigenvalue weighted by Crippen LogP contribution is -2.80. The van der Waals surface area contributed by atoms with Crippen molar-refractivity contribution in [2.45, 2.75) is 74.7 Å². The molecule has 1 atom stereocenters. The van der Waals surface area contributed by atoms with E-state index in [9.17, 15) is 37.5 Å². The average Bonchev–Trinajstić information content (AvgIpc) is 3.52. The summed E-state index contributed by atoms with van der Waals surface area (Å²) in [6.07, 6.45) is -0.216. The number of halogens is 5. The Morgan fingerprint density at radius 2 is 1.63 bits per heavy atom. The first-order valence-corrected chi connectivity index (χ1v) is 19.6. The number of carbonyl (C=O) groups excluding carboxylic acids is 4. The quantitative estimate of drug-likeness (QED) is 0.171. The van der Waals surface area contributed by atoms with Crippen molar-refractivity contribution >= 4 is 45.9 Å². The Bertz CT molecular complexity index is 2390. The minimum atomic E-state index is -4.72. The van der Waals surface area contributed by atoms with E-state index in [0.29, 0.717) is 61.4 Å². The van der Waals surface area contributed by atoms with Gasteiger partial charge in [0.25, 0.3) is 5.91 Å². The minimum Gasteiger partial charge on any atom is -0.386 e. The van der Waals surface area contributed by atoms with Crippen LogP contribution in [0.2, 0.25) is 0 Å². The van der Waals surface area contributed by atoms with Crippen LogP contribution in [0.3, 0.4) is 0 Å². The number of alkyl halides is 3. The van der Waals surface area contributed by atoms with Gasteiger partial charge in [0, 0.05) is 85.3 Å². The summed E-state index contributed by atoms with van der Waals surface area (Å²) in [6.45, 7) is 6.25. The summed E-state index contributed by atoms with van der Waals surface area (Å²) < 4.78 is 71.9. The van der Waals surface area contributed by atoms with E-state index in [-0.39, 0.29) is 47.0 Å². The number of anilines is 2. The first-order chi connectivity index (χ1) is 27.8. The molecule has 310 valence electrons. The summed E-state index contributed by atoms with van der Waals surface area (Å²) in [7, 11) is 0. The van der Waals surface area contributed by atoms with E-state index in [0.717, 1.165) is 31.4 Å². The fraction of sp³-hybridized carbons (Fsp3) is 0.463.